The van der Waals surface area contributed by atoms with Crippen molar-refractivity contribution in [2.75, 3.05) is 32.7 Å². The molecule has 1 aromatic rings. The Balaban J connectivity index is 0.00000264. The molecule has 0 radical (unpaired) electrons. The molecule has 10 heteroatoms. The van der Waals surface area contributed by atoms with Crippen molar-refractivity contribution in [3.63, 3.8) is 0 Å². The quantitative estimate of drug-likeness (QED) is 0.730. The number of aromatic nitrogens is 1. The first-order valence-corrected chi connectivity index (χ1v) is 6.86. The average molecular weight is 355 g/mol. The third-order valence-electron chi connectivity index (χ3n) is 3.47. The molecule has 1 atom stereocenters. The highest BCUT2D eigenvalue weighted by molar-refractivity contribution is 5.93. The predicted octanol–water partition coefficient (Wildman–Crippen LogP) is 0.363. The lowest BCUT2D eigenvalue weighted by Crippen LogP contribution is -2.57. The van der Waals surface area contributed by atoms with Crippen molar-refractivity contribution in [3.05, 3.63) is 34.2 Å². The maximum atomic E-state index is 13.1. The number of piperazine rings is 1. The van der Waals surface area contributed by atoms with E-state index in [2.05, 4.69) is 15.6 Å². The van der Waals surface area contributed by atoms with E-state index in [0.717, 1.165) is 6.07 Å². The van der Waals surface area contributed by atoms with Gasteiger partial charge in [0.05, 0.1) is 5.56 Å². The molecule has 1 aliphatic heterocycles. The van der Waals surface area contributed by atoms with Crippen molar-refractivity contribution in [2.24, 2.45) is 0 Å². The lowest BCUT2D eigenvalue weighted by atomic mass is 10.2. The Morgan fingerprint density at radius 2 is 1.96 bits per heavy atom. The lowest BCUT2D eigenvalue weighted by molar-refractivity contribution is -0.183. The summed E-state index contributed by atoms with van der Waals surface area (Å²) in [4.78, 5) is 26.4. The van der Waals surface area contributed by atoms with Gasteiger partial charge >= 0.3 is 6.18 Å². The van der Waals surface area contributed by atoms with Crippen molar-refractivity contribution in [2.45, 2.75) is 12.2 Å². The van der Waals surface area contributed by atoms with E-state index in [1.165, 1.54) is 17.2 Å². The second kappa shape index (κ2) is 8.32. The molecule has 1 aliphatic rings. The van der Waals surface area contributed by atoms with Gasteiger partial charge in [0.2, 0.25) is 5.56 Å². The molecular formula is C13H18ClF3N4O2. The Kier molecular flexibility index (Phi) is 7.04. The van der Waals surface area contributed by atoms with Gasteiger partial charge in [-0.25, -0.2) is 0 Å². The first kappa shape index (κ1) is 19.5. The lowest BCUT2D eigenvalue weighted by Gasteiger charge is -2.35. The largest absolute Gasteiger partial charge is 0.405 e. The second-order valence-corrected chi connectivity index (χ2v) is 5.00. The number of amides is 1. The van der Waals surface area contributed by atoms with Crippen LogP contribution in [0.15, 0.2) is 23.1 Å². The minimum atomic E-state index is -4.42. The van der Waals surface area contributed by atoms with Gasteiger partial charge in [-0.15, -0.1) is 12.4 Å². The van der Waals surface area contributed by atoms with Crippen LogP contribution in [0.4, 0.5) is 13.2 Å². The summed E-state index contributed by atoms with van der Waals surface area (Å²) in [6.07, 6.45) is -3.25. The van der Waals surface area contributed by atoms with Gasteiger partial charge in [-0.3, -0.25) is 14.5 Å². The van der Waals surface area contributed by atoms with Crippen LogP contribution in [0.2, 0.25) is 0 Å². The average Bonchev–Trinajstić information content (AvgIpc) is 2.47. The van der Waals surface area contributed by atoms with Crippen LogP contribution in [0.1, 0.15) is 10.4 Å². The topological polar surface area (TPSA) is 77.2 Å². The SMILES string of the molecule is Cl.O=C(NCC(N1CCNCC1)C(F)(F)F)c1ccc(=O)[nH]c1. The molecule has 1 aromatic heterocycles. The Labute approximate surface area is 136 Å². The maximum absolute atomic E-state index is 13.1. The van der Waals surface area contributed by atoms with Crippen molar-refractivity contribution >= 4 is 18.3 Å². The third kappa shape index (κ3) is 5.52. The van der Waals surface area contributed by atoms with Crippen LogP contribution >= 0.6 is 12.4 Å². The minimum absolute atomic E-state index is 0. The van der Waals surface area contributed by atoms with Crippen LogP contribution in [-0.4, -0.2) is 60.7 Å². The number of alkyl halides is 3. The van der Waals surface area contributed by atoms with Crippen molar-refractivity contribution < 1.29 is 18.0 Å². The highest BCUT2D eigenvalue weighted by Crippen LogP contribution is 2.24. The summed E-state index contributed by atoms with van der Waals surface area (Å²) >= 11 is 0. The molecule has 1 unspecified atom stereocenters. The van der Waals surface area contributed by atoms with Gasteiger partial charge in [0, 0.05) is 45.0 Å². The standard InChI is InChI=1S/C13H17F3N4O2.ClH/c14-13(15,16)10(20-5-3-17-4-6-20)8-19-12(22)9-1-2-11(21)18-7-9;/h1-2,7,10,17H,3-6,8H2,(H,18,21)(H,19,22);1H. The van der Waals surface area contributed by atoms with E-state index in [-0.39, 0.29) is 36.6 Å². The Bertz CT molecular complexity index is 553. The highest BCUT2D eigenvalue weighted by atomic mass is 35.5. The number of carbonyl (C=O) groups excluding carboxylic acids is 1. The van der Waals surface area contributed by atoms with Crippen LogP contribution in [0.3, 0.4) is 0 Å². The zero-order valence-electron chi connectivity index (χ0n) is 12.2. The number of carbonyl (C=O) groups is 1. The number of pyridine rings is 1. The van der Waals surface area contributed by atoms with Crippen LogP contribution < -0.4 is 16.2 Å². The molecule has 2 heterocycles. The van der Waals surface area contributed by atoms with E-state index >= 15 is 0 Å². The Morgan fingerprint density at radius 1 is 1.30 bits per heavy atom. The van der Waals surface area contributed by atoms with Crippen LogP contribution in [-0.2, 0) is 0 Å². The van der Waals surface area contributed by atoms with Crippen molar-refractivity contribution in [3.8, 4) is 0 Å². The van der Waals surface area contributed by atoms with Gasteiger partial charge in [-0.1, -0.05) is 0 Å². The zero-order chi connectivity index (χ0) is 16.2. The molecule has 0 aliphatic carbocycles. The fraction of sp³-hybridized carbons (Fsp3) is 0.538. The Hall–Kier alpha value is -1.58. The van der Waals surface area contributed by atoms with Crippen molar-refractivity contribution in [1.82, 2.24) is 20.5 Å². The molecule has 1 fully saturated rings. The normalized spacial score (nSPS) is 17.2. The fourth-order valence-corrected chi connectivity index (χ4v) is 2.29. The molecule has 2 rings (SSSR count). The van der Waals surface area contributed by atoms with Crippen LogP contribution in [0.5, 0.6) is 0 Å². The molecule has 3 N–H and O–H groups in total. The molecule has 1 saturated heterocycles. The van der Waals surface area contributed by atoms with E-state index in [4.69, 9.17) is 0 Å². The summed E-state index contributed by atoms with van der Waals surface area (Å²) in [5.41, 5.74) is -0.272. The molecule has 6 nitrogen and oxygen atoms in total. The van der Waals surface area contributed by atoms with Gasteiger partial charge < -0.3 is 15.6 Å². The van der Waals surface area contributed by atoms with Crippen LogP contribution in [0, 0.1) is 0 Å². The monoisotopic (exact) mass is 354 g/mol. The van der Waals surface area contributed by atoms with E-state index in [1.54, 1.807) is 0 Å². The molecule has 0 spiro atoms. The first-order chi connectivity index (χ1) is 10.4. The predicted molar refractivity (Wildman–Crippen MR) is 80.9 cm³/mol. The van der Waals surface area contributed by atoms with Gasteiger partial charge in [0.1, 0.15) is 6.04 Å². The molecule has 0 bridgehead atoms. The molecule has 130 valence electrons. The van der Waals surface area contributed by atoms with Crippen molar-refractivity contribution in [1.29, 1.82) is 0 Å². The highest BCUT2D eigenvalue weighted by Gasteiger charge is 2.43. The maximum Gasteiger partial charge on any atom is 0.405 e. The number of nitrogens with zero attached hydrogens (tertiary/aromatic N) is 1. The Morgan fingerprint density at radius 3 is 2.48 bits per heavy atom. The first-order valence-electron chi connectivity index (χ1n) is 6.86. The van der Waals surface area contributed by atoms with E-state index in [0.29, 0.717) is 13.1 Å². The molecule has 0 aromatic carbocycles. The summed E-state index contributed by atoms with van der Waals surface area (Å²) in [6, 6.07) is 0.690. The van der Waals surface area contributed by atoms with E-state index in [1.807, 2.05) is 0 Å². The number of aromatic amines is 1. The summed E-state index contributed by atoms with van der Waals surface area (Å²) in [6.45, 7) is 1.000. The number of hydrogen-bond acceptors (Lipinski definition) is 4. The summed E-state index contributed by atoms with van der Waals surface area (Å²) in [5, 5.41) is 5.27. The second-order valence-electron chi connectivity index (χ2n) is 5.00. The third-order valence-corrected chi connectivity index (χ3v) is 3.47. The van der Waals surface area contributed by atoms with Gasteiger partial charge in [-0.05, 0) is 6.07 Å². The number of hydrogen-bond donors (Lipinski definition) is 3. The zero-order valence-corrected chi connectivity index (χ0v) is 13.0. The van der Waals surface area contributed by atoms with Gasteiger partial charge in [0.25, 0.3) is 5.91 Å². The smallest absolute Gasteiger partial charge is 0.350 e. The number of rotatable bonds is 4. The molecular weight excluding hydrogens is 337 g/mol. The molecule has 1 amide bonds. The number of halogens is 4. The minimum Gasteiger partial charge on any atom is -0.350 e. The van der Waals surface area contributed by atoms with E-state index < -0.39 is 24.7 Å². The van der Waals surface area contributed by atoms with E-state index in [9.17, 15) is 22.8 Å². The summed E-state index contributed by atoms with van der Waals surface area (Å²) < 4.78 is 39.4. The van der Waals surface area contributed by atoms with Gasteiger partial charge in [0.15, 0.2) is 0 Å². The van der Waals surface area contributed by atoms with Crippen LogP contribution in [0.25, 0.3) is 0 Å². The van der Waals surface area contributed by atoms with Gasteiger partial charge in [-0.2, -0.15) is 13.2 Å². The molecule has 0 saturated carbocycles. The summed E-state index contributed by atoms with van der Waals surface area (Å²) in [5.74, 6) is -0.652. The fourth-order valence-electron chi connectivity index (χ4n) is 2.29. The molecule has 23 heavy (non-hydrogen) atoms. The number of H-pyrrole nitrogens is 1. The summed E-state index contributed by atoms with van der Waals surface area (Å²) in [7, 11) is 0. The number of nitrogens with one attached hydrogen (secondary N) is 3.